The summed E-state index contributed by atoms with van der Waals surface area (Å²) < 4.78 is 1.69. The van der Waals surface area contributed by atoms with Gasteiger partial charge < -0.3 is 10.2 Å². The molecule has 0 bridgehead atoms. The van der Waals surface area contributed by atoms with E-state index in [-0.39, 0.29) is 5.91 Å². The second-order valence-electron chi connectivity index (χ2n) is 4.57. The van der Waals surface area contributed by atoms with Crippen LogP contribution in [0.2, 0.25) is 0 Å². The summed E-state index contributed by atoms with van der Waals surface area (Å²) in [6.07, 6.45) is 4.68. The number of carbonyl (C=O) groups excluding carboxylic acids is 1. The lowest BCUT2D eigenvalue weighted by molar-refractivity contribution is -0.132. The van der Waals surface area contributed by atoms with Gasteiger partial charge in [-0.1, -0.05) is 0 Å². The van der Waals surface area contributed by atoms with Gasteiger partial charge in [-0.3, -0.25) is 9.48 Å². The highest BCUT2D eigenvalue weighted by atomic mass is 16.2. The summed E-state index contributed by atoms with van der Waals surface area (Å²) in [5.74, 6) is 0.862. The maximum atomic E-state index is 12.1. The molecule has 2 aliphatic rings. The van der Waals surface area contributed by atoms with E-state index in [2.05, 4.69) is 10.4 Å². The maximum absolute atomic E-state index is 12.1. The molecule has 2 saturated heterocycles. The highest BCUT2D eigenvalue weighted by molar-refractivity contribution is 5.76. The van der Waals surface area contributed by atoms with Crippen LogP contribution in [0.25, 0.3) is 0 Å². The van der Waals surface area contributed by atoms with Gasteiger partial charge in [0.15, 0.2) is 0 Å². The van der Waals surface area contributed by atoms with Gasteiger partial charge in [-0.05, 0) is 18.4 Å². The Morgan fingerprint density at radius 1 is 1.50 bits per heavy atom. The predicted octanol–water partition coefficient (Wildman–Crippen LogP) is -0.297. The summed E-state index contributed by atoms with van der Waals surface area (Å²) in [6, 6.07) is 2.26. The minimum atomic E-state index is 0.194. The largest absolute Gasteiger partial charge is 0.336 e. The smallest absolute Gasteiger partial charge is 0.244 e. The molecule has 1 aromatic heterocycles. The first-order valence-corrected chi connectivity index (χ1v) is 5.82. The first-order chi connectivity index (χ1) is 7.84. The maximum Gasteiger partial charge on any atom is 0.244 e. The first kappa shape index (κ1) is 9.84. The van der Waals surface area contributed by atoms with Crippen molar-refractivity contribution >= 4 is 5.91 Å². The van der Waals surface area contributed by atoms with E-state index in [0.717, 1.165) is 26.1 Å². The van der Waals surface area contributed by atoms with Gasteiger partial charge in [0.2, 0.25) is 5.91 Å². The summed E-state index contributed by atoms with van der Waals surface area (Å²) in [7, 11) is 0. The Labute approximate surface area is 94.4 Å². The van der Waals surface area contributed by atoms with Gasteiger partial charge in [0.05, 0.1) is 0 Å². The Kier molecular flexibility index (Phi) is 2.40. The normalized spacial score (nSPS) is 28.4. The fraction of sp³-hybridized carbons (Fsp3) is 0.636. The highest BCUT2D eigenvalue weighted by Gasteiger charge is 2.39. The third kappa shape index (κ3) is 1.61. The highest BCUT2D eigenvalue weighted by Crippen LogP contribution is 2.27. The van der Waals surface area contributed by atoms with Gasteiger partial charge in [-0.2, -0.15) is 5.10 Å². The van der Waals surface area contributed by atoms with Crippen molar-refractivity contribution in [1.29, 1.82) is 0 Å². The van der Waals surface area contributed by atoms with Gasteiger partial charge in [0.25, 0.3) is 0 Å². The Morgan fingerprint density at radius 3 is 3.25 bits per heavy atom. The minimum Gasteiger partial charge on any atom is -0.336 e. The Morgan fingerprint density at radius 2 is 2.44 bits per heavy atom. The zero-order valence-electron chi connectivity index (χ0n) is 9.17. The number of nitrogens with one attached hydrogen (secondary N) is 1. The molecule has 0 radical (unpaired) electrons. The summed E-state index contributed by atoms with van der Waals surface area (Å²) in [4.78, 5) is 14.1. The molecular formula is C11H16N4O. The lowest BCUT2D eigenvalue weighted by Crippen LogP contribution is -2.40. The molecule has 0 aromatic carbocycles. The van der Waals surface area contributed by atoms with Crippen molar-refractivity contribution in [3.63, 3.8) is 0 Å². The number of amides is 1. The predicted molar refractivity (Wildman–Crippen MR) is 58.7 cm³/mol. The molecule has 86 valence electrons. The molecule has 16 heavy (non-hydrogen) atoms. The molecule has 1 N–H and O–H groups in total. The van der Waals surface area contributed by atoms with Gasteiger partial charge in [-0.25, -0.2) is 0 Å². The number of hydrogen-bond acceptors (Lipinski definition) is 3. The quantitative estimate of drug-likeness (QED) is 0.744. The monoisotopic (exact) mass is 220 g/mol. The zero-order valence-corrected chi connectivity index (χ0v) is 9.17. The molecule has 1 aromatic rings. The lowest BCUT2D eigenvalue weighted by Gasteiger charge is -2.23. The number of hydrogen-bond donors (Lipinski definition) is 1. The summed E-state index contributed by atoms with van der Waals surface area (Å²) in [5.41, 5.74) is 0. The molecule has 0 spiro atoms. The number of fused-ring (bicyclic) bond motifs is 1. The molecule has 3 rings (SSSR count). The second kappa shape index (κ2) is 3.90. The van der Waals surface area contributed by atoms with Crippen LogP contribution in [0, 0.1) is 5.92 Å². The van der Waals surface area contributed by atoms with Crippen LogP contribution in [-0.2, 0) is 11.3 Å². The van der Waals surface area contributed by atoms with Crippen LogP contribution in [0.4, 0.5) is 0 Å². The number of rotatable bonds is 2. The third-order valence-corrected chi connectivity index (χ3v) is 3.62. The van der Waals surface area contributed by atoms with Crippen LogP contribution in [0.1, 0.15) is 6.42 Å². The third-order valence-electron chi connectivity index (χ3n) is 3.62. The van der Waals surface area contributed by atoms with Crippen molar-refractivity contribution in [2.24, 2.45) is 5.92 Å². The van der Waals surface area contributed by atoms with Crippen LogP contribution in [0.5, 0.6) is 0 Å². The molecule has 2 fully saturated rings. The summed E-state index contributed by atoms with van der Waals surface area (Å²) in [6.45, 7) is 3.30. The van der Waals surface area contributed by atoms with Crippen molar-refractivity contribution in [2.75, 3.05) is 19.6 Å². The van der Waals surface area contributed by atoms with E-state index < -0.39 is 0 Å². The molecule has 3 heterocycles. The molecule has 0 saturated carbocycles. The second-order valence-corrected chi connectivity index (χ2v) is 4.57. The van der Waals surface area contributed by atoms with Crippen LogP contribution in [-0.4, -0.2) is 46.3 Å². The van der Waals surface area contributed by atoms with Crippen molar-refractivity contribution in [3.8, 4) is 0 Å². The average molecular weight is 220 g/mol. The SMILES string of the molecule is O=C(Cn1cccn1)N1CC[C@H]2CNC[C@H]21. The van der Waals surface area contributed by atoms with Crippen molar-refractivity contribution in [1.82, 2.24) is 20.0 Å². The molecule has 2 atom stereocenters. The van der Waals surface area contributed by atoms with Gasteiger partial charge in [0, 0.05) is 38.1 Å². The van der Waals surface area contributed by atoms with Gasteiger partial charge in [-0.15, -0.1) is 0 Å². The molecule has 2 aliphatic heterocycles. The first-order valence-electron chi connectivity index (χ1n) is 5.82. The minimum absolute atomic E-state index is 0.194. The van der Waals surface area contributed by atoms with Crippen LogP contribution in [0.3, 0.4) is 0 Å². The number of likely N-dealkylation sites (tertiary alicyclic amines) is 1. The number of carbonyl (C=O) groups is 1. The van der Waals surface area contributed by atoms with Crippen LogP contribution >= 0.6 is 0 Å². The van der Waals surface area contributed by atoms with Crippen molar-refractivity contribution in [3.05, 3.63) is 18.5 Å². The van der Waals surface area contributed by atoms with E-state index >= 15 is 0 Å². The van der Waals surface area contributed by atoms with Gasteiger partial charge in [0.1, 0.15) is 6.54 Å². The molecule has 1 amide bonds. The molecule has 0 aliphatic carbocycles. The van der Waals surface area contributed by atoms with E-state index in [1.807, 2.05) is 17.2 Å². The van der Waals surface area contributed by atoms with E-state index in [1.54, 1.807) is 10.9 Å². The van der Waals surface area contributed by atoms with E-state index in [1.165, 1.54) is 0 Å². The molecule has 0 unspecified atom stereocenters. The van der Waals surface area contributed by atoms with Crippen LogP contribution in [0.15, 0.2) is 18.5 Å². The fourth-order valence-electron chi connectivity index (χ4n) is 2.78. The Hall–Kier alpha value is -1.36. The molecular weight excluding hydrogens is 204 g/mol. The summed E-state index contributed by atoms with van der Waals surface area (Å²) >= 11 is 0. The molecule has 5 nitrogen and oxygen atoms in total. The van der Waals surface area contributed by atoms with E-state index in [9.17, 15) is 4.79 Å². The Balaban J connectivity index is 1.67. The number of aromatic nitrogens is 2. The van der Waals surface area contributed by atoms with E-state index in [4.69, 9.17) is 0 Å². The Bertz CT molecular complexity index is 375. The van der Waals surface area contributed by atoms with Crippen molar-refractivity contribution in [2.45, 2.75) is 19.0 Å². The lowest BCUT2D eigenvalue weighted by atomic mass is 10.1. The topological polar surface area (TPSA) is 50.2 Å². The molecule has 5 heteroatoms. The number of nitrogens with zero attached hydrogens (tertiary/aromatic N) is 3. The fourth-order valence-corrected chi connectivity index (χ4v) is 2.78. The van der Waals surface area contributed by atoms with Crippen molar-refractivity contribution < 1.29 is 4.79 Å². The average Bonchev–Trinajstić information content (AvgIpc) is 2.92. The zero-order chi connectivity index (χ0) is 11.0. The van der Waals surface area contributed by atoms with Gasteiger partial charge >= 0.3 is 0 Å². The summed E-state index contributed by atoms with van der Waals surface area (Å²) in [5, 5.41) is 7.42. The standard InChI is InChI=1S/C11H16N4O/c16-11(8-14-4-1-3-13-14)15-5-2-9-6-12-7-10(9)15/h1,3-4,9-10,12H,2,5-8H2/t9-,10+/m0/s1. The van der Waals surface area contributed by atoms with E-state index in [0.29, 0.717) is 18.5 Å². The van der Waals surface area contributed by atoms with Crippen LogP contribution < -0.4 is 5.32 Å².